The Kier molecular flexibility index (Phi) is 10.5. The first-order valence-electron chi connectivity index (χ1n) is 9.39. The third kappa shape index (κ3) is 9.95. The van der Waals surface area contributed by atoms with Crippen molar-refractivity contribution in [1.29, 1.82) is 0 Å². The molecule has 1 unspecified atom stereocenters. The Morgan fingerprint density at radius 2 is 1.76 bits per heavy atom. The first kappa shape index (κ1) is 24.1. The molecule has 0 bridgehead atoms. The Balaban J connectivity index is 4.30. The fourth-order valence-electron chi connectivity index (χ4n) is 3.06. The highest BCUT2D eigenvalue weighted by Gasteiger charge is 2.32. The van der Waals surface area contributed by atoms with E-state index in [4.69, 9.17) is 4.74 Å². The molecule has 0 heterocycles. The average molecular weight is 357 g/mol. The van der Waals surface area contributed by atoms with Gasteiger partial charge in [0.15, 0.2) is 0 Å². The summed E-state index contributed by atoms with van der Waals surface area (Å²) in [5, 5.41) is 0. The lowest BCUT2D eigenvalue weighted by atomic mass is 9.77. The second kappa shape index (κ2) is 10.9. The number of aldehydes is 1. The summed E-state index contributed by atoms with van der Waals surface area (Å²) in [5.74, 6) is 0.113. The maximum atomic E-state index is 12.5. The quantitative estimate of drug-likeness (QED) is 0.375. The predicted octanol–water partition coefficient (Wildman–Crippen LogP) is 3.22. The van der Waals surface area contributed by atoms with Gasteiger partial charge in [0, 0.05) is 31.5 Å². The highest BCUT2D eigenvalue weighted by atomic mass is 16.5. The molecule has 0 aliphatic rings. The normalized spacial score (nSPS) is 13.8. The van der Waals surface area contributed by atoms with Crippen LogP contribution < -0.4 is 0 Å². The molecule has 0 spiro atoms. The van der Waals surface area contributed by atoms with Crippen LogP contribution >= 0.6 is 0 Å². The lowest BCUT2D eigenvalue weighted by Gasteiger charge is -2.40. The lowest BCUT2D eigenvalue weighted by molar-refractivity contribution is -0.133. The summed E-state index contributed by atoms with van der Waals surface area (Å²) >= 11 is 0. The molecular weight excluding hydrogens is 316 g/mol. The summed E-state index contributed by atoms with van der Waals surface area (Å²) in [6.45, 7) is 12.3. The first-order chi connectivity index (χ1) is 11.4. The van der Waals surface area contributed by atoms with Crippen molar-refractivity contribution < 1.29 is 14.3 Å². The fraction of sp³-hybridized carbons (Fsp3) is 0.900. The van der Waals surface area contributed by atoms with Crippen molar-refractivity contribution in [2.24, 2.45) is 11.3 Å². The van der Waals surface area contributed by atoms with E-state index in [9.17, 15) is 9.59 Å². The van der Waals surface area contributed by atoms with E-state index in [1.807, 2.05) is 7.05 Å². The molecule has 0 N–H and O–H groups in total. The third-order valence-corrected chi connectivity index (χ3v) is 4.93. The second-order valence-electron chi connectivity index (χ2n) is 8.80. The first-order valence-corrected chi connectivity index (χ1v) is 9.39. The van der Waals surface area contributed by atoms with Crippen molar-refractivity contribution in [2.45, 2.75) is 65.8 Å². The molecule has 1 amide bonds. The van der Waals surface area contributed by atoms with Crippen molar-refractivity contribution in [1.82, 2.24) is 9.80 Å². The van der Waals surface area contributed by atoms with Crippen LogP contribution in [0.2, 0.25) is 0 Å². The van der Waals surface area contributed by atoms with Crippen LogP contribution in [-0.2, 0) is 14.3 Å². The molecule has 0 rings (SSSR count). The molecule has 0 aliphatic carbocycles. The summed E-state index contributed by atoms with van der Waals surface area (Å²) < 4.78 is 5.57. The van der Waals surface area contributed by atoms with Gasteiger partial charge in [0.1, 0.15) is 6.29 Å². The zero-order valence-corrected chi connectivity index (χ0v) is 17.7. The van der Waals surface area contributed by atoms with E-state index in [1.165, 1.54) is 0 Å². The molecule has 0 aromatic heterocycles. The molecule has 0 aromatic carbocycles. The van der Waals surface area contributed by atoms with Gasteiger partial charge in [0.05, 0.1) is 13.2 Å². The summed E-state index contributed by atoms with van der Waals surface area (Å²) in [6.07, 6.45) is 4.26. The van der Waals surface area contributed by atoms with Crippen LogP contribution in [0.4, 0.5) is 0 Å². The Morgan fingerprint density at radius 1 is 1.16 bits per heavy atom. The minimum Gasteiger partial charge on any atom is -0.379 e. The predicted molar refractivity (Wildman–Crippen MR) is 104 cm³/mol. The maximum absolute atomic E-state index is 12.5. The van der Waals surface area contributed by atoms with Crippen molar-refractivity contribution in [2.75, 3.05) is 40.9 Å². The number of hydrogen-bond acceptors (Lipinski definition) is 4. The molecule has 0 saturated heterocycles. The van der Waals surface area contributed by atoms with E-state index in [2.05, 4.69) is 53.6 Å². The molecule has 0 saturated carbocycles. The zero-order valence-electron chi connectivity index (χ0n) is 17.7. The van der Waals surface area contributed by atoms with Gasteiger partial charge in [-0.25, -0.2) is 0 Å². The van der Waals surface area contributed by atoms with E-state index in [0.717, 1.165) is 25.5 Å². The summed E-state index contributed by atoms with van der Waals surface area (Å²) in [4.78, 5) is 27.3. The van der Waals surface area contributed by atoms with Gasteiger partial charge in [-0.3, -0.25) is 4.79 Å². The topological polar surface area (TPSA) is 49.9 Å². The third-order valence-electron chi connectivity index (χ3n) is 4.93. The molecule has 0 fully saturated rings. The smallest absolute Gasteiger partial charge is 0.222 e. The molecule has 148 valence electrons. The number of carbonyl (C=O) groups excluding carboxylic acids is 2. The number of rotatable bonds is 13. The summed E-state index contributed by atoms with van der Waals surface area (Å²) in [6, 6.07) is 0. The number of hydrogen-bond donors (Lipinski definition) is 0. The molecule has 0 radical (unpaired) electrons. The van der Waals surface area contributed by atoms with E-state index in [0.29, 0.717) is 26.2 Å². The summed E-state index contributed by atoms with van der Waals surface area (Å²) in [7, 11) is 5.97. The maximum Gasteiger partial charge on any atom is 0.222 e. The van der Waals surface area contributed by atoms with E-state index < -0.39 is 0 Å². The number of likely N-dealkylation sites (N-methyl/N-ethyl adjacent to an activating group) is 1. The minimum atomic E-state index is -0.0658. The van der Waals surface area contributed by atoms with Crippen molar-refractivity contribution in [3.63, 3.8) is 0 Å². The Hall–Kier alpha value is -0.940. The van der Waals surface area contributed by atoms with Crippen LogP contribution in [0.25, 0.3) is 0 Å². The van der Waals surface area contributed by atoms with Gasteiger partial charge in [0.2, 0.25) is 5.91 Å². The van der Waals surface area contributed by atoms with E-state index in [1.54, 1.807) is 4.90 Å². The highest BCUT2D eigenvalue weighted by Crippen LogP contribution is 2.33. The van der Waals surface area contributed by atoms with Crippen LogP contribution in [0.15, 0.2) is 0 Å². The van der Waals surface area contributed by atoms with E-state index in [-0.39, 0.29) is 22.8 Å². The Morgan fingerprint density at radius 3 is 2.24 bits per heavy atom. The molecule has 5 nitrogen and oxygen atoms in total. The molecule has 25 heavy (non-hydrogen) atoms. The molecule has 0 aromatic rings. The Bertz CT molecular complexity index is 406. The monoisotopic (exact) mass is 356 g/mol. The molecule has 1 atom stereocenters. The van der Waals surface area contributed by atoms with Gasteiger partial charge < -0.3 is 19.3 Å². The number of carbonyl (C=O) groups is 2. The molecule has 0 aliphatic heterocycles. The second-order valence-corrected chi connectivity index (χ2v) is 8.80. The van der Waals surface area contributed by atoms with E-state index >= 15 is 0 Å². The largest absolute Gasteiger partial charge is 0.379 e. The standard InChI is InChI=1S/C20H40N2O3/c1-9-10-17(14-23)15-25-12-11-22(8)18(24)13-19(2,3)16-20(4,5)21(6)7/h14,17H,9-13,15-16H2,1-8H3. The van der Waals surface area contributed by atoms with Crippen LogP contribution in [-0.4, -0.2) is 68.4 Å². The zero-order chi connectivity index (χ0) is 19.7. The average Bonchev–Trinajstić information content (AvgIpc) is 2.48. The van der Waals surface area contributed by atoms with Crippen molar-refractivity contribution in [3.05, 3.63) is 0 Å². The van der Waals surface area contributed by atoms with Crippen LogP contribution in [0.5, 0.6) is 0 Å². The van der Waals surface area contributed by atoms with Crippen LogP contribution in [0.1, 0.15) is 60.3 Å². The molecular formula is C20H40N2O3. The highest BCUT2D eigenvalue weighted by molar-refractivity contribution is 5.76. The van der Waals surface area contributed by atoms with Crippen LogP contribution in [0.3, 0.4) is 0 Å². The van der Waals surface area contributed by atoms with Crippen molar-refractivity contribution in [3.8, 4) is 0 Å². The lowest BCUT2D eigenvalue weighted by Crippen LogP contribution is -2.43. The van der Waals surface area contributed by atoms with Gasteiger partial charge in [-0.15, -0.1) is 0 Å². The van der Waals surface area contributed by atoms with Gasteiger partial charge in [-0.2, -0.15) is 0 Å². The molecule has 5 heteroatoms. The number of amides is 1. The fourth-order valence-corrected chi connectivity index (χ4v) is 3.06. The van der Waals surface area contributed by atoms with Gasteiger partial charge in [0.25, 0.3) is 0 Å². The van der Waals surface area contributed by atoms with Crippen molar-refractivity contribution >= 4 is 12.2 Å². The van der Waals surface area contributed by atoms with Crippen LogP contribution in [0, 0.1) is 11.3 Å². The van der Waals surface area contributed by atoms with Gasteiger partial charge >= 0.3 is 0 Å². The SMILES string of the molecule is CCCC(C=O)COCCN(C)C(=O)CC(C)(C)CC(C)(C)N(C)C. The minimum absolute atomic E-state index is 0.0294. The number of ether oxygens (including phenoxy) is 1. The summed E-state index contributed by atoms with van der Waals surface area (Å²) in [5.41, 5.74) is -0.0156. The number of nitrogens with zero attached hydrogens (tertiary/aromatic N) is 2. The Labute approximate surface area is 155 Å². The van der Waals surface area contributed by atoms with Gasteiger partial charge in [-0.05, 0) is 46.2 Å². The van der Waals surface area contributed by atoms with Gasteiger partial charge in [-0.1, -0.05) is 27.2 Å².